The normalized spacial score (nSPS) is 15.2. The summed E-state index contributed by atoms with van der Waals surface area (Å²) in [6.07, 6.45) is -4.33. The van der Waals surface area contributed by atoms with E-state index in [4.69, 9.17) is 10.9 Å². The quantitative estimate of drug-likeness (QED) is 0.281. The number of nitrogens with one attached hydrogen (secondary N) is 2. The number of fused-ring (bicyclic) bond motifs is 1. The maximum absolute atomic E-state index is 13.7. The Labute approximate surface area is 187 Å². The molecular weight excluding hydrogens is 443 g/mol. The molecule has 1 heterocycles. The summed E-state index contributed by atoms with van der Waals surface area (Å²) in [5, 5.41) is 15.2. The number of benzene rings is 1. The summed E-state index contributed by atoms with van der Waals surface area (Å²) in [6, 6.07) is 4.19. The van der Waals surface area contributed by atoms with Gasteiger partial charge < -0.3 is 11.1 Å². The van der Waals surface area contributed by atoms with Crippen molar-refractivity contribution in [3.05, 3.63) is 40.7 Å². The van der Waals surface area contributed by atoms with Crippen LogP contribution in [0.4, 0.5) is 18.9 Å². The van der Waals surface area contributed by atoms with E-state index in [2.05, 4.69) is 10.4 Å². The standard InChI is InChI=1S/C21H24F3N5O4/c1-20(2)9-14-17(15(30)10-20)18(21(22,23)24)27-29(14)11-5-6-12(19(25)32)13(8-11)26-7-3-4-16(31)28-33/h5-6,8,26,33H,3-4,7,9-10H2,1-2H3,(H2,25,32)(H,28,31). The van der Waals surface area contributed by atoms with Gasteiger partial charge in [-0.05, 0) is 36.5 Å². The van der Waals surface area contributed by atoms with Crippen LogP contribution in [-0.2, 0) is 17.4 Å². The largest absolute Gasteiger partial charge is 0.435 e. The molecule has 9 nitrogen and oxygen atoms in total. The van der Waals surface area contributed by atoms with E-state index in [1.54, 1.807) is 13.8 Å². The van der Waals surface area contributed by atoms with Crippen LogP contribution in [0.25, 0.3) is 5.69 Å². The lowest BCUT2D eigenvalue weighted by Crippen LogP contribution is -2.29. The number of alkyl halides is 3. The Kier molecular flexibility index (Phi) is 6.50. The van der Waals surface area contributed by atoms with E-state index in [9.17, 15) is 27.6 Å². The summed E-state index contributed by atoms with van der Waals surface area (Å²) >= 11 is 0. The molecule has 0 atom stereocenters. The van der Waals surface area contributed by atoms with Crippen molar-refractivity contribution in [3.8, 4) is 5.69 Å². The van der Waals surface area contributed by atoms with Crippen LogP contribution in [0.5, 0.6) is 0 Å². The van der Waals surface area contributed by atoms with Crippen molar-refractivity contribution in [2.24, 2.45) is 11.1 Å². The van der Waals surface area contributed by atoms with Gasteiger partial charge in [0.2, 0.25) is 5.91 Å². The highest BCUT2D eigenvalue weighted by molar-refractivity contribution is 6.00. The molecule has 0 aliphatic heterocycles. The van der Waals surface area contributed by atoms with Gasteiger partial charge >= 0.3 is 6.18 Å². The van der Waals surface area contributed by atoms with Gasteiger partial charge in [-0.15, -0.1) is 0 Å². The Morgan fingerprint density at radius 1 is 1.27 bits per heavy atom. The van der Waals surface area contributed by atoms with Crippen molar-refractivity contribution in [2.45, 2.75) is 45.7 Å². The lowest BCUT2D eigenvalue weighted by molar-refractivity contribution is -0.141. The molecule has 178 valence electrons. The van der Waals surface area contributed by atoms with Crippen LogP contribution in [-0.4, -0.2) is 39.1 Å². The van der Waals surface area contributed by atoms with Crippen LogP contribution in [0.2, 0.25) is 0 Å². The minimum Gasteiger partial charge on any atom is -0.384 e. The summed E-state index contributed by atoms with van der Waals surface area (Å²) < 4.78 is 42.1. The maximum atomic E-state index is 13.7. The zero-order valence-electron chi connectivity index (χ0n) is 18.0. The number of nitrogens with two attached hydrogens (primary N) is 1. The lowest BCUT2D eigenvalue weighted by atomic mass is 9.75. The first-order chi connectivity index (χ1) is 15.3. The molecule has 0 spiro atoms. The van der Waals surface area contributed by atoms with E-state index in [-0.39, 0.29) is 48.4 Å². The number of Topliss-reactive ketones (excluding diaryl/α,β-unsaturated/α-hetero) is 1. The van der Waals surface area contributed by atoms with Crippen LogP contribution in [0.3, 0.4) is 0 Å². The number of hydroxylamine groups is 1. The topological polar surface area (TPSA) is 139 Å². The molecule has 2 amide bonds. The monoisotopic (exact) mass is 467 g/mol. The Balaban J connectivity index is 2.05. The molecule has 1 aromatic heterocycles. The smallest absolute Gasteiger partial charge is 0.384 e. The summed E-state index contributed by atoms with van der Waals surface area (Å²) in [7, 11) is 0. The molecule has 1 aliphatic carbocycles. The van der Waals surface area contributed by atoms with Crippen LogP contribution < -0.4 is 16.5 Å². The molecule has 0 bridgehead atoms. The van der Waals surface area contributed by atoms with Gasteiger partial charge in [0, 0.05) is 25.1 Å². The fourth-order valence-electron chi connectivity index (χ4n) is 3.91. The number of primary amides is 1. The number of anilines is 1. The predicted molar refractivity (Wildman–Crippen MR) is 111 cm³/mol. The number of carbonyl (C=O) groups is 3. The number of halogens is 3. The second-order valence-corrected chi connectivity index (χ2v) is 8.68. The average molecular weight is 467 g/mol. The zero-order chi connectivity index (χ0) is 24.6. The van der Waals surface area contributed by atoms with E-state index in [0.29, 0.717) is 6.42 Å². The van der Waals surface area contributed by atoms with Crippen LogP contribution >= 0.6 is 0 Å². The van der Waals surface area contributed by atoms with E-state index >= 15 is 0 Å². The molecule has 5 N–H and O–H groups in total. The number of ketones is 1. The van der Waals surface area contributed by atoms with Gasteiger partial charge in [0.1, 0.15) is 0 Å². The second-order valence-electron chi connectivity index (χ2n) is 8.68. The zero-order valence-corrected chi connectivity index (χ0v) is 18.0. The Hall–Kier alpha value is -3.41. The molecule has 3 rings (SSSR count). The number of hydrogen-bond acceptors (Lipinski definition) is 6. The third-order valence-corrected chi connectivity index (χ3v) is 5.35. The highest BCUT2D eigenvalue weighted by atomic mass is 19.4. The summed E-state index contributed by atoms with van der Waals surface area (Å²) in [4.78, 5) is 35.6. The van der Waals surface area contributed by atoms with E-state index in [1.165, 1.54) is 23.7 Å². The fraction of sp³-hybridized carbons (Fsp3) is 0.429. The molecule has 12 heteroatoms. The molecular formula is C21H24F3N5O4. The minimum absolute atomic E-state index is 0.00783. The summed E-state index contributed by atoms with van der Waals surface area (Å²) in [5.74, 6) is -1.96. The van der Waals surface area contributed by atoms with Crippen LogP contribution in [0.1, 0.15) is 65.2 Å². The van der Waals surface area contributed by atoms with Gasteiger partial charge in [-0.1, -0.05) is 13.8 Å². The van der Waals surface area contributed by atoms with Crippen molar-refractivity contribution < 1.29 is 32.8 Å². The Bertz CT molecular complexity index is 1110. The molecule has 0 saturated heterocycles. The third kappa shape index (κ3) is 5.16. The molecule has 0 fully saturated rings. The van der Waals surface area contributed by atoms with Gasteiger partial charge in [-0.25, -0.2) is 10.2 Å². The predicted octanol–water partition coefficient (Wildman–Crippen LogP) is 2.84. The Morgan fingerprint density at radius 3 is 2.58 bits per heavy atom. The SMILES string of the molecule is CC1(C)CC(=O)c2c(C(F)(F)F)nn(-c3ccc(C(N)=O)c(NCCCC(=O)NO)c3)c2C1. The number of nitrogens with zero attached hydrogens (tertiary/aromatic N) is 2. The van der Waals surface area contributed by atoms with Gasteiger partial charge in [-0.3, -0.25) is 19.6 Å². The van der Waals surface area contributed by atoms with Gasteiger partial charge in [-0.2, -0.15) is 18.3 Å². The highest BCUT2D eigenvalue weighted by Crippen LogP contribution is 2.42. The van der Waals surface area contributed by atoms with Crippen molar-refractivity contribution in [3.63, 3.8) is 0 Å². The van der Waals surface area contributed by atoms with Crippen LogP contribution in [0.15, 0.2) is 18.2 Å². The fourth-order valence-corrected chi connectivity index (χ4v) is 3.91. The highest BCUT2D eigenvalue weighted by Gasteiger charge is 2.45. The third-order valence-electron chi connectivity index (χ3n) is 5.35. The number of carbonyl (C=O) groups excluding carboxylic acids is 3. The molecule has 33 heavy (non-hydrogen) atoms. The van der Waals surface area contributed by atoms with E-state index in [0.717, 1.165) is 4.68 Å². The molecule has 1 aromatic carbocycles. The number of rotatable bonds is 7. The maximum Gasteiger partial charge on any atom is 0.435 e. The Morgan fingerprint density at radius 2 is 1.97 bits per heavy atom. The number of hydrogen-bond donors (Lipinski definition) is 4. The van der Waals surface area contributed by atoms with E-state index in [1.807, 2.05) is 0 Å². The second kappa shape index (κ2) is 8.85. The van der Waals surface area contributed by atoms with Crippen molar-refractivity contribution in [1.82, 2.24) is 15.3 Å². The van der Waals surface area contributed by atoms with Crippen LogP contribution in [0, 0.1) is 5.41 Å². The van der Waals surface area contributed by atoms with Crippen molar-refractivity contribution in [2.75, 3.05) is 11.9 Å². The molecule has 0 saturated carbocycles. The first kappa shape index (κ1) is 24.2. The molecule has 0 unspecified atom stereocenters. The van der Waals surface area contributed by atoms with E-state index < -0.39 is 40.4 Å². The lowest BCUT2D eigenvalue weighted by Gasteiger charge is -2.29. The average Bonchev–Trinajstić information content (AvgIpc) is 3.09. The minimum atomic E-state index is -4.81. The first-order valence-electron chi connectivity index (χ1n) is 10.2. The molecule has 0 radical (unpaired) electrons. The molecule has 1 aliphatic rings. The summed E-state index contributed by atoms with van der Waals surface area (Å²) in [6.45, 7) is 3.81. The van der Waals surface area contributed by atoms with Crippen molar-refractivity contribution >= 4 is 23.3 Å². The van der Waals surface area contributed by atoms with Gasteiger partial charge in [0.25, 0.3) is 5.91 Å². The summed E-state index contributed by atoms with van der Waals surface area (Å²) in [5.41, 5.74) is 5.41. The van der Waals surface area contributed by atoms with Gasteiger partial charge in [0.05, 0.1) is 22.5 Å². The number of aromatic nitrogens is 2. The van der Waals surface area contributed by atoms with Crippen molar-refractivity contribution in [1.29, 1.82) is 0 Å². The van der Waals surface area contributed by atoms with Gasteiger partial charge in [0.15, 0.2) is 11.5 Å². The first-order valence-corrected chi connectivity index (χ1v) is 10.2. The number of amides is 2. The molecule has 2 aromatic rings.